The number of nitrogen functional groups attached to an aromatic ring is 1. The van der Waals surface area contributed by atoms with Gasteiger partial charge in [-0.3, -0.25) is 15.0 Å². The third kappa shape index (κ3) is 6.06. The average Bonchev–Trinajstić information content (AvgIpc) is 2.73. The number of nitrogens with one attached hydrogen (secondary N) is 1. The topological polar surface area (TPSA) is 141 Å². The lowest BCUT2D eigenvalue weighted by Crippen LogP contribution is -2.29. The monoisotopic (exact) mass is 452 g/mol. The van der Waals surface area contributed by atoms with Gasteiger partial charge in [-0.2, -0.15) is 0 Å². The Morgan fingerprint density at radius 1 is 1.19 bits per heavy atom. The van der Waals surface area contributed by atoms with Gasteiger partial charge in [-0.15, -0.1) is 0 Å². The van der Waals surface area contributed by atoms with Gasteiger partial charge in [-0.1, -0.05) is 12.1 Å². The fraction of sp³-hybridized carbons (Fsp3) is 0.250. The summed E-state index contributed by atoms with van der Waals surface area (Å²) in [6.07, 6.45) is -1.31. The molecule has 9 nitrogen and oxygen atoms in total. The quantitative estimate of drug-likeness (QED) is 0.285. The average molecular weight is 453 g/mol. The van der Waals surface area contributed by atoms with E-state index in [0.29, 0.717) is 11.1 Å². The van der Waals surface area contributed by atoms with E-state index in [2.05, 4.69) is 0 Å². The van der Waals surface area contributed by atoms with Crippen molar-refractivity contribution >= 4 is 29.4 Å². The molecule has 0 bridgehead atoms. The maximum absolute atomic E-state index is 14.4. The maximum Gasteiger partial charge on any atom is 0.271 e. The van der Waals surface area contributed by atoms with Crippen LogP contribution in [0.1, 0.15) is 22.8 Å². The Morgan fingerprint density at radius 2 is 1.90 bits per heavy atom. The molecule has 2 rings (SSSR count). The molecular formula is C20H22ClFN4O5. The van der Waals surface area contributed by atoms with Crippen LogP contribution in [0.15, 0.2) is 36.4 Å². The normalized spacial score (nSPS) is 11.5. The smallest absolute Gasteiger partial charge is 0.271 e. The van der Waals surface area contributed by atoms with Gasteiger partial charge in [0.15, 0.2) is 12.7 Å². The molecule has 0 aliphatic carbocycles. The molecule has 0 aliphatic heterocycles. The van der Waals surface area contributed by atoms with Crippen molar-refractivity contribution < 1.29 is 28.2 Å². The van der Waals surface area contributed by atoms with E-state index in [0.717, 1.165) is 10.5 Å². The van der Waals surface area contributed by atoms with E-state index in [1.807, 2.05) is 0 Å². The number of primary amides is 1. The molecule has 0 saturated heterocycles. The molecule has 2 aromatic rings. The molecule has 0 saturated carbocycles. The maximum atomic E-state index is 14.4. The lowest BCUT2D eigenvalue weighted by atomic mass is 10.1. The molecule has 31 heavy (non-hydrogen) atoms. The van der Waals surface area contributed by atoms with E-state index in [1.165, 1.54) is 44.6 Å². The highest BCUT2D eigenvalue weighted by molar-refractivity contribution is 6.21. The van der Waals surface area contributed by atoms with E-state index in [-0.39, 0.29) is 29.4 Å². The Hall–Kier alpha value is -3.37. The predicted octanol–water partition coefficient (Wildman–Crippen LogP) is 1.85. The van der Waals surface area contributed by atoms with Crippen molar-refractivity contribution in [3.05, 3.63) is 58.9 Å². The number of ether oxygens (including phenoxy) is 3. The molecule has 0 aliphatic rings. The Morgan fingerprint density at radius 3 is 2.45 bits per heavy atom. The molecule has 0 fully saturated rings. The van der Waals surface area contributed by atoms with Crippen molar-refractivity contribution in [3.63, 3.8) is 0 Å². The highest BCUT2D eigenvalue weighted by Gasteiger charge is 2.28. The summed E-state index contributed by atoms with van der Waals surface area (Å²) < 4.78 is 30.7. The van der Waals surface area contributed by atoms with E-state index in [1.54, 1.807) is 0 Å². The number of benzene rings is 2. The van der Waals surface area contributed by atoms with Crippen molar-refractivity contribution in [3.8, 4) is 11.5 Å². The van der Waals surface area contributed by atoms with E-state index in [4.69, 9.17) is 42.9 Å². The summed E-state index contributed by atoms with van der Waals surface area (Å²) in [7, 11) is 2.64. The molecule has 2 amide bonds. The summed E-state index contributed by atoms with van der Waals surface area (Å²) in [5, 5.41) is 7.53. The molecule has 0 heterocycles. The van der Waals surface area contributed by atoms with Crippen molar-refractivity contribution in [2.45, 2.75) is 12.6 Å². The Kier molecular flexibility index (Phi) is 8.17. The molecule has 1 atom stereocenters. The summed E-state index contributed by atoms with van der Waals surface area (Å²) in [6.45, 7) is -0.605. The number of carbonyl (C=O) groups excluding carboxylic acids is 2. The Labute approximate surface area is 183 Å². The number of hydrogen-bond donors (Lipinski definition) is 3. The van der Waals surface area contributed by atoms with Crippen molar-refractivity contribution in [2.24, 2.45) is 11.5 Å². The van der Waals surface area contributed by atoms with Crippen LogP contribution in [-0.4, -0.2) is 42.9 Å². The number of methoxy groups -OCH3 is 2. The van der Waals surface area contributed by atoms with Crippen LogP contribution >= 0.6 is 11.8 Å². The first-order valence-electron chi connectivity index (χ1n) is 8.89. The summed E-state index contributed by atoms with van der Waals surface area (Å²) in [4.78, 5) is 23.9. The van der Waals surface area contributed by atoms with Gasteiger partial charge in [0.1, 0.15) is 23.2 Å². The van der Waals surface area contributed by atoms with Gasteiger partial charge >= 0.3 is 0 Å². The highest BCUT2D eigenvalue weighted by Crippen LogP contribution is 2.29. The van der Waals surface area contributed by atoms with Crippen LogP contribution in [0.5, 0.6) is 11.5 Å². The number of amides is 2. The number of amidine groups is 1. The van der Waals surface area contributed by atoms with Crippen LogP contribution in [0.3, 0.4) is 0 Å². The third-order valence-electron chi connectivity index (χ3n) is 4.25. The Balaban J connectivity index is 2.27. The minimum Gasteiger partial charge on any atom is -0.497 e. The van der Waals surface area contributed by atoms with Crippen molar-refractivity contribution in [1.29, 1.82) is 5.41 Å². The van der Waals surface area contributed by atoms with Crippen LogP contribution in [0, 0.1) is 11.2 Å². The number of hydrogen-bond acceptors (Lipinski definition) is 6. The van der Waals surface area contributed by atoms with Crippen LogP contribution in [0.25, 0.3) is 0 Å². The zero-order chi connectivity index (χ0) is 23.1. The largest absolute Gasteiger partial charge is 0.497 e. The standard InChI is InChI=1S/C20H22ClFN4O5/c1-29-13-5-6-14(15(22)8-13)18(30-2)20(28)26(21)9-12-4-3-11(19(24)25)7-16(12)31-10-17(23)27/h3-8,18H,9-10H2,1-2H3,(H2,23,27)(H3,24,25). The van der Waals surface area contributed by atoms with E-state index < -0.39 is 30.3 Å². The zero-order valence-corrected chi connectivity index (χ0v) is 17.6. The van der Waals surface area contributed by atoms with Crippen LogP contribution in [0.4, 0.5) is 4.39 Å². The fourth-order valence-electron chi connectivity index (χ4n) is 2.70. The number of rotatable bonds is 10. The molecule has 2 aromatic carbocycles. The number of carbonyl (C=O) groups is 2. The van der Waals surface area contributed by atoms with Gasteiger partial charge < -0.3 is 25.7 Å². The third-order valence-corrected chi connectivity index (χ3v) is 4.53. The first kappa shape index (κ1) is 23.9. The summed E-state index contributed by atoms with van der Waals surface area (Å²) >= 11 is 6.18. The first-order chi connectivity index (χ1) is 14.7. The van der Waals surface area contributed by atoms with E-state index in [9.17, 15) is 14.0 Å². The van der Waals surface area contributed by atoms with Gasteiger partial charge in [0.05, 0.1) is 13.7 Å². The van der Waals surface area contributed by atoms with Gasteiger partial charge in [-0.25, -0.2) is 8.81 Å². The molecule has 0 spiro atoms. The zero-order valence-electron chi connectivity index (χ0n) is 16.9. The minimum atomic E-state index is -1.31. The second-order valence-corrected chi connectivity index (χ2v) is 6.76. The molecule has 1 unspecified atom stereocenters. The Bertz CT molecular complexity index is 988. The van der Waals surface area contributed by atoms with Crippen LogP contribution < -0.4 is 20.9 Å². The lowest BCUT2D eigenvalue weighted by Gasteiger charge is -2.22. The van der Waals surface area contributed by atoms with Gasteiger partial charge in [0, 0.05) is 41.6 Å². The number of nitrogens with zero attached hydrogens (tertiary/aromatic N) is 1. The fourth-order valence-corrected chi connectivity index (χ4v) is 2.92. The second-order valence-electron chi connectivity index (χ2n) is 6.35. The predicted molar refractivity (Wildman–Crippen MR) is 111 cm³/mol. The van der Waals surface area contributed by atoms with E-state index >= 15 is 0 Å². The molecule has 11 heteroatoms. The minimum absolute atomic E-state index is 0.0175. The van der Waals surface area contributed by atoms with Crippen LogP contribution in [0.2, 0.25) is 0 Å². The van der Waals surface area contributed by atoms with Crippen molar-refractivity contribution in [1.82, 2.24) is 4.42 Å². The summed E-state index contributed by atoms with van der Waals surface area (Å²) in [6, 6.07) is 8.48. The SMILES string of the molecule is COc1ccc(C(OC)C(=O)N(Cl)Cc2ccc(C(=N)N)cc2OCC(N)=O)c(F)c1. The van der Waals surface area contributed by atoms with Crippen LogP contribution in [-0.2, 0) is 20.9 Å². The summed E-state index contributed by atoms with van der Waals surface area (Å²) in [5.41, 5.74) is 11.3. The number of halogens is 2. The van der Waals surface area contributed by atoms with Crippen molar-refractivity contribution in [2.75, 3.05) is 20.8 Å². The second kappa shape index (κ2) is 10.6. The molecule has 166 valence electrons. The highest BCUT2D eigenvalue weighted by atomic mass is 35.5. The first-order valence-corrected chi connectivity index (χ1v) is 9.23. The molecule has 0 radical (unpaired) electrons. The number of nitrogens with two attached hydrogens (primary N) is 2. The van der Waals surface area contributed by atoms with Gasteiger partial charge in [0.2, 0.25) is 0 Å². The molecular weight excluding hydrogens is 431 g/mol. The lowest BCUT2D eigenvalue weighted by molar-refractivity contribution is -0.138. The summed E-state index contributed by atoms with van der Waals surface area (Å²) in [5.74, 6) is -1.91. The van der Waals surface area contributed by atoms with Gasteiger partial charge in [-0.05, 0) is 18.2 Å². The molecule has 5 N–H and O–H groups in total. The molecule has 0 aromatic heterocycles. The van der Waals surface area contributed by atoms with Gasteiger partial charge in [0.25, 0.3) is 11.8 Å².